The van der Waals surface area contributed by atoms with E-state index < -0.39 is 29.3 Å². The molecule has 0 saturated heterocycles. The second-order valence-corrected chi connectivity index (χ2v) is 5.05. The molecule has 0 amide bonds. The molecule has 2 N–H and O–H groups in total. The van der Waals surface area contributed by atoms with Crippen molar-refractivity contribution in [3.63, 3.8) is 0 Å². The van der Waals surface area contributed by atoms with Gasteiger partial charge in [0, 0.05) is 5.57 Å². The third-order valence-corrected chi connectivity index (χ3v) is 3.28. The fourth-order valence-electron chi connectivity index (χ4n) is 2.13. The number of rotatable bonds is 4. The standard InChI is InChI=1S/C12H11F3O2.C7H6O2/c1-2-9(11(16)17)10(12(13,14)15)8-6-4-3-5-7-8;8-7(9)6-4-2-1-3-5-6/h3-7H,2H2,1H3,(H,16,17);1-5H,(H,8,9)/b10-9+;. The van der Waals surface area contributed by atoms with Crippen LogP contribution in [0.5, 0.6) is 0 Å². The number of alkyl halides is 3. The summed E-state index contributed by atoms with van der Waals surface area (Å²) in [4.78, 5) is 21.0. The molecule has 138 valence electrons. The summed E-state index contributed by atoms with van der Waals surface area (Å²) in [5, 5.41) is 17.2. The predicted octanol–water partition coefficient (Wildman–Crippen LogP) is 4.88. The summed E-state index contributed by atoms with van der Waals surface area (Å²) in [5.41, 5.74) is -1.49. The molecule has 0 radical (unpaired) electrons. The normalized spacial score (nSPS) is 11.7. The highest BCUT2D eigenvalue weighted by atomic mass is 19.4. The number of hydrogen-bond donors (Lipinski definition) is 2. The number of halogens is 3. The van der Waals surface area contributed by atoms with Gasteiger partial charge in [0.25, 0.3) is 0 Å². The maximum atomic E-state index is 12.9. The van der Waals surface area contributed by atoms with E-state index in [1.807, 2.05) is 0 Å². The van der Waals surface area contributed by atoms with E-state index in [-0.39, 0.29) is 12.0 Å². The third kappa shape index (κ3) is 6.08. The highest BCUT2D eigenvalue weighted by molar-refractivity contribution is 5.97. The largest absolute Gasteiger partial charge is 0.478 e. The van der Waals surface area contributed by atoms with Crippen molar-refractivity contribution in [2.75, 3.05) is 0 Å². The Kier molecular flexibility index (Phi) is 7.58. The summed E-state index contributed by atoms with van der Waals surface area (Å²) < 4.78 is 38.6. The maximum Gasteiger partial charge on any atom is 0.417 e. The van der Waals surface area contributed by atoms with Crippen LogP contribution in [0.25, 0.3) is 5.57 Å². The van der Waals surface area contributed by atoms with E-state index in [1.54, 1.807) is 36.4 Å². The van der Waals surface area contributed by atoms with Gasteiger partial charge in [-0.05, 0) is 24.1 Å². The Labute approximate surface area is 148 Å². The summed E-state index contributed by atoms with van der Waals surface area (Å²) in [5.74, 6) is -2.42. The van der Waals surface area contributed by atoms with Gasteiger partial charge >= 0.3 is 18.1 Å². The lowest BCUT2D eigenvalue weighted by molar-refractivity contribution is -0.133. The summed E-state index contributed by atoms with van der Waals surface area (Å²) in [7, 11) is 0. The van der Waals surface area contributed by atoms with Gasteiger partial charge in [0.05, 0.1) is 11.1 Å². The quantitative estimate of drug-likeness (QED) is 0.756. The van der Waals surface area contributed by atoms with Crippen molar-refractivity contribution in [1.29, 1.82) is 0 Å². The zero-order valence-electron chi connectivity index (χ0n) is 13.8. The third-order valence-electron chi connectivity index (χ3n) is 3.28. The van der Waals surface area contributed by atoms with Crippen LogP contribution < -0.4 is 0 Å². The fourth-order valence-corrected chi connectivity index (χ4v) is 2.13. The minimum atomic E-state index is -4.68. The Balaban J connectivity index is 0.000000314. The minimum absolute atomic E-state index is 0.126. The van der Waals surface area contributed by atoms with Crippen molar-refractivity contribution in [3.05, 3.63) is 77.4 Å². The zero-order valence-corrected chi connectivity index (χ0v) is 13.8. The molecule has 0 aromatic heterocycles. The Bertz CT molecular complexity index is 766. The van der Waals surface area contributed by atoms with Crippen molar-refractivity contribution in [1.82, 2.24) is 0 Å². The van der Waals surface area contributed by atoms with Gasteiger partial charge in [-0.1, -0.05) is 55.5 Å². The monoisotopic (exact) mass is 366 g/mol. The molecular formula is C19H17F3O4. The minimum Gasteiger partial charge on any atom is -0.478 e. The van der Waals surface area contributed by atoms with Gasteiger partial charge in [-0.25, -0.2) is 9.59 Å². The molecular weight excluding hydrogens is 349 g/mol. The molecule has 2 aromatic rings. The lowest BCUT2D eigenvalue weighted by atomic mass is 9.98. The van der Waals surface area contributed by atoms with E-state index in [0.29, 0.717) is 5.56 Å². The molecule has 0 saturated carbocycles. The lowest BCUT2D eigenvalue weighted by Crippen LogP contribution is -2.17. The zero-order chi connectivity index (χ0) is 19.7. The molecule has 0 spiro atoms. The van der Waals surface area contributed by atoms with Crippen LogP contribution in [0.2, 0.25) is 0 Å². The molecule has 0 fully saturated rings. The van der Waals surface area contributed by atoms with Crippen LogP contribution in [0.3, 0.4) is 0 Å². The van der Waals surface area contributed by atoms with Gasteiger partial charge in [0.1, 0.15) is 0 Å². The van der Waals surface area contributed by atoms with Gasteiger partial charge < -0.3 is 10.2 Å². The molecule has 0 aliphatic rings. The van der Waals surface area contributed by atoms with Crippen LogP contribution in [0.4, 0.5) is 13.2 Å². The lowest BCUT2D eigenvalue weighted by Gasteiger charge is -2.15. The topological polar surface area (TPSA) is 74.6 Å². The van der Waals surface area contributed by atoms with Crippen LogP contribution in [0, 0.1) is 0 Å². The van der Waals surface area contributed by atoms with Crippen molar-refractivity contribution in [2.45, 2.75) is 19.5 Å². The summed E-state index contributed by atoms with van der Waals surface area (Å²) in [6, 6.07) is 15.3. The fraction of sp³-hybridized carbons (Fsp3) is 0.158. The van der Waals surface area contributed by atoms with Crippen LogP contribution in [-0.4, -0.2) is 28.3 Å². The average Bonchev–Trinajstić information content (AvgIpc) is 2.60. The van der Waals surface area contributed by atoms with E-state index in [1.165, 1.54) is 31.2 Å². The number of allylic oxidation sites excluding steroid dienone is 1. The first kappa shape index (κ1) is 21.0. The smallest absolute Gasteiger partial charge is 0.417 e. The number of carboxylic acid groups (broad SMARTS) is 2. The molecule has 4 nitrogen and oxygen atoms in total. The first-order valence-electron chi connectivity index (χ1n) is 7.55. The highest BCUT2D eigenvalue weighted by Crippen LogP contribution is 2.37. The van der Waals surface area contributed by atoms with Crippen LogP contribution in [0.15, 0.2) is 66.2 Å². The van der Waals surface area contributed by atoms with Gasteiger partial charge in [-0.3, -0.25) is 0 Å². The molecule has 0 aliphatic heterocycles. The van der Waals surface area contributed by atoms with Gasteiger partial charge in [-0.2, -0.15) is 13.2 Å². The van der Waals surface area contributed by atoms with Gasteiger partial charge in [0.15, 0.2) is 0 Å². The van der Waals surface area contributed by atoms with Gasteiger partial charge in [-0.15, -0.1) is 0 Å². The van der Waals surface area contributed by atoms with Crippen molar-refractivity contribution in [3.8, 4) is 0 Å². The molecule has 0 bridgehead atoms. The molecule has 0 atom stereocenters. The summed E-state index contributed by atoms with van der Waals surface area (Å²) in [6.45, 7) is 1.39. The van der Waals surface area contributed by atoms with Gasteiger partial charge in [0.2, 0.25) is 0 Å². The molecule has 2 aromatic carbocycles. The number of aromatic carboxylic acids is 1. The number of benzene rings is 2. The molecule has 0 unspecified atom stereocenters. The molecule has 7 heteroatoms. The average molecular weight is 366 g/mol. The van der Waals surface area contributed by atoms with E-state index in [0.717, 1.165) is 0 Å². The molecule has 2 rings (SSSR count). The molecule has 0 aliphatic carbocycles. The van der Waals surface area contributed by atoms with E-state index in [9.17, 15) is 22.8 Å². The first-order valence-corrected chi connectivity index (χ1v) is 7.55. The van der Waals surface area contributed by atoms with Crippen LogP contribution in [0.1, 0.15) is 29.3 Å². The number of carbonyl (C=O) groups is 2. The van der Waals surface area contributed by atoms with Crippen molar-refractivity contribution >= 4 is 17.5 Å². The summed E-state index contributed by atoms with van der Waals surface area (Å²) >= 11 is 0. The number of carboxylic acids is 2. The van der Waals surface area contributed by atoms with E-state index >= 15 is 0 Å². The van der Waals surface area contributed by atoms with E-state index in [2.05, 4.69) is 0 Å². The second kappa shape index (κ2) is 9.41. The SMILES string of the molecule is CC/C(C(=O)O)=C(/c1ccccc1)C(F)(F)F.O=C(O)c1ccccc1. The predicted molar refractivity (Wildman–Crippen MR) is 90.7 cm³/mol. The number of hydrogen-bond acceptors (Lipinski definition) is 2. The van der Waals surface area contributed by atoms with Crippen LogP contribution in [-0.2, 0) is 4.79 Å². The first-order chi connectivity index (χ1) is 12.2. The molecule has 0 heterocycles. The highest BCUT2D eigenvalue weighted by Gasteiger charge is 2.38. The van der Waals surface area contributed by atoms with Crippen molar-refractivity contribution < 1.29 is 33.0 Å². The van der Waals surface area contributed by atoms with Crippen LogP contribution >= 0.6 is 0 Å². The molecule has 26 heavy (non-hydrogen) atoms. The summed E-state index contributed by atoms with van der Waals surface area (Å²) in [6.07, 6.45) is -4.86. The Morgan fingerprint density at radius 1 is 0.846 bits per heavy atom. The van der Waals surface area contributed by atoms with E-state index in [4.69, 9.17) is 10.2 Å². The maximum absolute atomic E-state index is 12.9. The van der Waals surface area contributed by atoms with Crippen molar-refractivity contribution in [2.24, 2.45) is 0 Å². The Morgan fingerprint density at radius 3 is 1.54 bits per heavy atom. The second-order valence-electron chi connectivity index (χ2n) is 5.05. The Hall–Kier alpha value is -3.09. The Morgan fingerprint density at radius 2 is 1.27 bits per heavy atom. The number of aliphatic carboxylic acids is 1.